The van der Waals surface area contributed by atoms with Crippen molar-refractivity contribution < 1.29 is 0 Å². The van der Waals surface area contributed by atoms with Gasteiger partial charge in [-0.05, 0) is 12.8 Å². The summed E-state index contributed by atoms with van der Waals surface area (Å²) >= 11 is 1.44. The maximum atomic E-state index is 4.11. The third-order valence-corrected chi connectivity index (χ3v) is 2.89. The van der Waals surface area contributed by atoms with Crippen LogP contribution in [0.15, 0.2) is 6.33 Å². The summed E-state index contributed by atoms with van der Waals surface area (Å²) in [4.78, 5) is 4.11. The molecule has 1 fully saturated rings. The van der Waals surface area contributed by atoms with Crippen LogP contribution in [0.2, 0.25) is 0 Å². The molecule has 1 heterocycles. The fraction of sp³-hybridized carbons (Fsp3) is 0.750. The first-order valence-electron chi connectivity index (χ1n) is 4.48. The standard InChI is InChI=1S/C8H13N3S/c1-2-4-7(5-3-1)11-8-9-6-10-12-8/h6-7H,1-5H2,(H,9,10,11). The van der Waals surface area contributed by atoms with Gasteiger partial charge in [-0.15, -0.1) is 0 Å². The van der Waals surface area contributed by atoms with Crippen molar-refractivity contribution >= 4 is 16.7 Å². The van der Waals surface area contributed by atoms with Crippen LogP contribution >= 0.6 is 11.5 Å². The number of hydrogen-bond acceptors (Lipinski definition) is 4. The Kier molecular flexibility index (Phi) is 2.56. The van der Waals surface area contributed by atoms with E-state index in [0.29, 0.717) is 6.04 Å². The monoisotopic (exact) mass is 183 g/mol. The molecule has 66 valence electrons. The van der Waals surface area contributed by atoms with E-state index < -0.39 is 0 Å². The number of rotatable bonds is 2. The topological polar surface area (TPSA) is 37.8 Å². The SMILES string of the molecule is c1nsc(NC2CCCCC2)n1. The zero-order chi connectivity index (χ0) is 8.23. The lowest BCUT2D eigenvalue weighted by Gasteiger charge is -2.21. The van der Waals surface area contributed by atoms with Crippen LogP contribution in [-0.2, 0) is 0 Å². The molecule has 1 aliphatic carbocycles. The lowest BCUT2D eigenvalue weighted by Crippen LogP contribution is -2.21. The van der Waals surface area contributed by atoms with Crippen molar-refractivity contribution in [2.45, 2.75) is 38.1 Å². The molecule has 0 aliphatic heterocycles. The lowest BCUT2D eigenvalue weighted by molar-refractivity contribution is 0.462. The first-order chi connectivity index (χ1) is 5.95. The van der Waals surface area contributed by atoms with Gasteiger partial charge < -0.3 is 5.32 Å². The van der Waals surface area contributed by atoms with Gasteiger partial charge >= 0.3 is 0 Å². The fourth-order valence-corrected chi connectivity index (χ4v) is 2.17. The van der Waals surface area contributed by atoms with Crippen LogP contribution in [0.5, 0.6) is 0 Å². The Morgan fingerprint density at radius 1 is 1.33 bits per heavy atom. The van der Waals surface area contributed by atoms with Crippen LogP contribution in [0.4, 0.5) is 5.13 Å². The van der Waals surface area contributed by atoms with Crippen LogP contribution < -0.4 is 5.32 Å². The largest absolute Gasteiger partial charge is 0.358 e. The van der Waals surface area contributed by atoms with Crippen LogP contribution in [0.1, 0.15) is 32.1 Å². The maximum Gasteiger partial charge on any atom is 0.202 e. The van der Waals surface area contributed by atoms with Crippen LogP contribution in [0, 0.1) is 0 Å². The molecule has 0 bridgehead atoms. The van der Waals surface area contributed by atoms with Crippen molar-refractivity contribution in [2.24, 2.45) is 0 Å². The minimum atomic E-state index is 0.645. The van der Waals surface area contributed by atoms with Crippen molar-refractivity contribution in [3.63, 3.8) is 0 Å². The Bertz CT molecular complexity index is 216. The molecule has 1 aliphatic rings. The van der Waals surface area contributed by atoms with Gasteiger partial charge in [-0.2, -0.15) is 4.37 Å². The van der Waals surface area contributed by atoms with E-state index in [2.05, 4.69) is 14.7 Å². The van der Waals surface area contributed by atoms with Crippen molar-refractivity contribution in [1.29, 1.82) is 0 Å². The molecule has 0 unspecified atom stereocenters. The van der Waals surface area contributed by atoms with Crippen molar-refractivity contribution in [3.05, 3.63) is 6.33 Å². The number of nitrogens with one attached hydrogen (secondary N) is 1. The molecule has 12 heavy (non-hydrogen) atoms. The fourth-order valence-electron chi connectivity index (χ4n) is 1.66. The van der Waals surface area contributed by atoms with E-state index in [1.165, 1.54) is 43.6 Å². The summed E-state index contributed by atoms with van der Waals surface area (Å²) in [6, 6.07) is 0.645. The van der Waals surface area contributed by atoms with Gasteiger partial charge in [-0.1, -0.05) is 19.3 Å². The molecule has 3 nitrogen and oxygen atoms in total. The van der Waals surface area contributed by atoms with Crippen LogP contribution in [-0.4, -0.2) is 15.4 Å². The first kappa shape index (κ1) is 7.98. The average Bonchev–Trinajstić information content (AvgIpc) is 2.59. The Morgan fingerprint density at radius 2 is 2.17 bits per heavy atom. The smallest absolute Gasteiger partial charge is 0.202 e. The van der Waals surface area contributed by atoms with Gasteiger partial charge in [0, 0.05) is 17.6 Å². The van der Waals surface area contributed by atoms with Crippen LogP contribution in [0.3, 0.4) is 0 Å². The Balaban J connectivity index is 1.86. The van der Waals surface area contributed by atoms with E-state index >= 15 is 0 Å². The first-order valence-corrected chi connectivity index (χ1v) is 5.26. The predicted octanol–water partition coefficient (Wildman–Crippen LogP) is 2.28. The summed E-state index contributed by atoms with van der Waals surface area (Å²) in [5.41, 5.74) is 0. The molecule has 0 spiro atoms. The second-order valence-corrected chi connectivity index (χ2v) is 4.01. The Morgan fingerprint density at radius 3 is 2.83 bits per heavy atom. The minimum absolute atomic E-state index is 0.645. The van der Waals surface area contributed by atoms with E-state index in [9.17, 15) is 0 Å². The minimum Gasteiger partial charge on any atom is -0.358 e. The average molecular weight is 183 g/mol. The second-order valence-electron chi connectivity index (χ2n) is 3.23. The summed E-state index contributed by atoms with van der Waals surface area (Å²) in [5.74, 6) is 0. The highest BCUT2D eigenvalue weighted by atomic mass is 32.1. The molecule has 0 aromatic carbocycles. The third kappa shape index (κ3) is 1.94. The van der Waals surface area contributed by atoms with Crippen molar-refractivity contribution in [3.8, 4) is 0 Å². The molecule has 0 atom stereocenters. The Labute approximate surface area is 76.4 Å². The van der Waals surface area contributed by atoms with Crippen molar-refractivity contribution in [2.75, 3.05) is 5.32 Å². The van der Waals surface area contributed by atoms with E-state index in [1.807, 2.05) is 0 Å². The van der Waals surface area contributed by atoms with E-state index in [1.54, 1.807) is 6.33 Å². The summed E-state index contributed by atoms with van der Waals surface area (Å²) < 4.78 is 3.96. The maximum absolute atomic E-state index is 4.11. The van der Waals surface area contributed by atoms with Gasteiger partial charge in [0.15, 0.2) is 0 Å². The highest BCUT2D eigenvalue weighted by molar-refractivity contribution is 7.09. The summed E-state index contributed by atoms with van der Waals surface area (Å²) in [7, 11) is 0. The highest BCUT2D eigenvalue weighted by Gasteiger charge is 2.13. The quantitative estimate of drug-likeness (QED) is 0.764. The molecular weight excluding hydrogens is 170 g/mol. The molecule has 2 rings (SSSR count). The summed E-state index contributed by atoms with van der Waals surface area (Å²) in [6.45, 7) is 0. The highest BCUT2D eigenvalue weighted by Crippen LogP contribution is 2.21. The zero-order valence-corrected chi connectivity index (χ0v) is 7.81. The van der Waals surface area contributed by atoms with Gasteiger partial charge in [0.2, 0.25) is 5.13 Å². The summed E-state index contributed by atoms with van der Waals surface area (Å²) in [5, 5.41) is 4.38. The summed E-state index contributed by atoms with van der Waals surface area (Å²) in [6.07, 6.45) is 8.30. The molecule has 1 aromatic heterocycles. The van der Waals surface area contributed by atoms with Crippen molar-refractivity contribution in [1.82, 2.24) is 9.36 Å². The molecule has 0 amide bonds. The zero-order valence-electron chi connectivity index (χ0n) is 6.99. The van der Waals surface area contributed by atoms with Gasteiger partial charge in [-0.25, -0.2) is 4.98 Å². The molecule has 0 saturated heterocycles. The van der Waals surface area contributed by atoms with E-state index in [-0.39, 0.29) is 0 Å². The number of nitrogens with zero attached hydrogens (tertiary/aromatic N) is 2. The predicted molar refractivity (Wildman–Crippen MR) is 50.4 cm³/mol. The second kappa shape index (κ2) is 3.85. The third-order valence-electron chi connectivity index (χ3n) is 2.29. The molecule has 1 saturated carbocycles. The van der Waals surface area contributed by atoms with Gasteiger partial charge in [0.05, 0.1) is 0 Å². The Hall–Kier alpha value is -0.640. The number of hydrogen-bond donors (Lipinski definition) is 1. The molecule has 1 N–H and O–H groups in total. The molecular formula is C8H13N3S. The molecule has 0 radical (unpaired) electrons. The normalized spacial score (nSPS) is 19.3. The van der Waals surface area contributed by atoms with E-state index in [4.69, 9.17) is 0 Å². The molecule has 1 aromatic rings. The van der Waals surface area contributed by atoms with Gasteiger partial charge in [-0.3, -0.25) is 0 Å². The van der Waals surface area contributed by atoms with Crippen LogP contribution in [0.25, 0.3) is 0 Å². The van der Waals surface area contributed by atoms with Gasteiger partial charge in [0.1, 0.15) is 6.33 Å². The van der Waals surface area contributed by atoms with E-state index in [0.717, 1.165) is 5.13 Å². The lowest BCUT2D eigenvalue weighted by atomic mass is 9.96. The number of aromatic nitrogens is 2. The van der Waals surface area contributed by atoms with Gasteiger partial charge in [0.25, 0.3) is 0 Å². The number of anilines is 1. The molecule has 4 heteroatoms.